The number of carbonyl (C=O) groups is 1. The van der Waals surface area contributed by atoms with Crippen LogP contribution in [0.5, 0.6) is 0 Å². The van der Waals surface area contributed by atoms with E-state index in [1.165, 1.54) is 16.9 Å². The fraction of sp³-hybridized carbons (Fsp3) is 0.100. The van der Waals surface area contributed by atoms with Crippen LogP contribution in [-0.4, -0.2) is 20.7 Å². The van der Waals surface area contributed by atoms with Crippen LogP contribution in [0.2, 0.25) is 5.02 Å². The van der Waals surface area contributed by atoms with Gasteiger partial charge in [-0.2, -0.15) is 0 Å². The number of nitrogens with zero attached hydrogens (tertiary/aromatic N) is 3. The van der Waals surface area contributed by atoms with Gasteiger partial charge in [0.1, 0.15) is 5.02 Å². The van der Waals surface area contributed by atoms with Crippen molar-refractivity contribution in [1.82, 2.24) is 14.8 Å². The first kappa shape index (κ1) is 11.4. The summed E-state index contributed by atoms with van der Waals surface area (Å²) in [6.45, 7) is 1.75. The van der Waals surface area contributed by atoms with Gasteiger partial charge in [0, 0.05) is 11.3 Å². The number of nitrogen functional groups attached to an aromatic ring is 1. The number of hydrogen-bond donors (Lipinski definition) is 2. The number of pyridine rings is 1. The summed E-state index contributed by atoms with van der Waals surface area (Å²) in [5, 5.41) is 4.30. The summed E-state index contributed by atoms with van der Waals surface area (Å²) in [7, 11) is 0. The molecule has 2 aromatic heterocycles. The van der Waals surface area contributed by atoms with Crippen molar-refractivity contribution in [2.24, 2.45) is 5.73 Å². The minimum atomic E-state index is -0.525. The standard InChI is InChI=1S/C10H10ClN5O/c1-5-2-6(10(13)17)3-8(14-5)16-4-7(11)9(12)15-16/h2-4H,1H3,(H2,12,15)(H2,13,17). The van der Waals surface area contributed by atoms with E-state index in [4.69, 9.17) is 23.1 Å². The molecule has 0 aromatic carbocycles. The van der Waals surface area contributed by atoms with E-state index in [1.54, 1.807) is 13.0 Å². The number of anilines is 1. The van der Waals surface area contributed by atoms with Gasteiger partial charge in [-0.05, 0) is 19.1 Å². The van der Waals surface area contributed by atoms with Crippen LogP contribution in [0.15, 0.2) is 18.3 Å². The van der Waals surface area contributed by atoms with Gasteiger partial charge in [0.05, 0.1) is 6.20 Å². The first-order valence-electron chi connectivity index (χ1n) is 4.77. The average Bonchev–Trinajstić information content (AvgIpc) is 2.58. The molecule has 0 saturated carbocycles. The van der Waals surface area contributed by atoms with Crippen LogP contribution in [0.25, 0.3) is 5.82 Å². The second kappa shape index (κ2) is 4.06. The van der Waals surface area contributed by atoms with Crippen molar-refractivity contribution in [1.29, 1.82) is 0 Å². The van der Waals surface area contributed by atoms with E-state index < -0.39 is 5.91 Å². The van der Waals surface area contributed by atoms with Crippen molar-refractivity contribution in [3.8, 4) is 5.82 Å². The zero-order valence-corrected chi connectivity index (χ0v) is 9.77. The Kier molecular flexibility index (Phi) is 2.72. The largest absolute Gasteiger partial charge is 0.381 e. The Balaban J connectivity index is 2.55. The van der Waals surface area contributed by atoms with E-state index >= 15 is 0 Å². The first-order chi connectivity index (χ1) is 7.97. The molecule has 0 atom stereocenters. The smallest absolute Gasteiger partial charge is 0.248 e. The van der Waals surface area contributed by atoms with Crippen LogP contribution in [-0.2, 0) is 0 Å². The maximum atomic E-state index is 11.1. The minimum Gasteiger partial charge on any atom is -0.381 e. The Morgan fingerprint density at radius 1 is 1.47 bits per heavy atom. The quantitative estimate of drug-likeness (QED) is 0.828. The molecule has 0 radical (unpaired) electrons. The van der Waals surface area contributed by atoms with Gasteiger partial charge >= 0.3 is 0 Å². The van der Waals surface area contributed by atoms with E-state index in [0.29, 0.717) is 22.1 Å². The number of carbonyl (C=O) groups excluding carboxylic acids is 1. The molecular weight excluding hydrogens is 242 g/mol. The molecule has 7 heteroatoms. The number of aromatic nitrogens is 3. The van der Waals surface area contributed by atoms with Crippen molar-refractivity contribution >= 4 is 23.3 Å². The summed E-state index contributed by atoms with van der Waals surface area (Å²) in [6.07, 6.45) is 1.52. The fourth-order valence-corrected chi connectivity index (χ4v) is 1.52. The number of primary amides is 1. The van der Waals surface area contributed by atoms with Crippen molar-refractivity contribution in [2.75, 3.05) is 5.73 Å². The molecule has 0 aliphatic carbocycles. The number of rotatable bonds is 2. The Labute approximate surface area is 102 Å². The summed E-state index contributed by atoms with van der Waals surface area (Å²) >= 11 is 5.79. The molecule has 17 heavy (non-hydrogen) atoms. The normalized spacial score (nSPS) is 10.5. The lowest BCUT2D eigenvalue weighted by Gasteiger charge is -2.04. The van der Waals surface area contributed by atoms with Crippen LogP contribution in [0.3, 0.4) is 0 Å². The highest BCUT2D eigenvalue weighted by molar-refractivity contribution is 6.32. The Morgan fingerprint density at radius 3 is 2.71 bits per heavy atom. The highest BCUT2D eigenvalue weighted by Gasteiger charge is 2.09. The first-order valence-corrected chi connectivity index (χ1v) is 5.14. The highest BCUT2D eigenvalue weighted by Crippen LogP contribution is 2.18. The molecule has 4 N–H and O–H groups in total. The number of aryl methyl sites for hydroxylation is 1. The monoisotopic (exact) mass is 251 g/mol. The van der Waals surface area contributed by atoms with Crippen LogP contribution >= 0.6 is 11.6 Å². The Morgan fingerprint density at radius 2 is 2.18 bits per heavy atom. The summed E-state index contributed by atoms with van der Waals surface area (Å²) in [6, 6.07) is 3.12. The average molecular weight is 252 g/mol. The summed E-state index contributed by atoms with van der Waals surface area (Å²) in [4.78, 5) is 15.3. The second-order valence-electron chi connectivity index (χ2n) is 3.53. The van der Waals surface area contributed by atoms with Gasteiger partial charge < -0.3 is 11.5 Å². The van der Waals surface area contributed by atoms with Crippen molar-refractivity contribution in [2.45, 2.75) is 6.92 Å². The number of halogens is 1. The van der Waals surface area contributed by atoms with Gasteiger partial charge in [-0.3, -0.25) is 4.79 Å². The minimum absolute atomic E-state index is 0.204. The topological polar surface area (TPSA) is 99.8 Å². The van der Waals surface area contributed by atoms with Gasteiger partial charge in [-0.1, -0.05) is 11.6 Å². The second-order valence-corrected chi connectivity index (χ2v) is 3.93. The molecule has 0 bridgehead atoms. The third kappa shape index (κ3) is 2.21. The lowest BCUT2D eigenvalue weighted by atomic mass is 10.2. The molecule has 0 unspecified atom stereocenters. The van der Waals surface area contributed by atoms with Crippen molar-refractivity contribution in [3.05, 3.63) is 34.6 Å². The molecule has 6 nitrogen and oxygen atoms in total. The van der Waals surface area contributed by atoms with Gasteiger partial charge in [0.15, 0.2) is 11.6 Å². The van der Waals surface area contributed by atoms with E-state index in [-0.39, 0.29) is 5.82 Å². The van der Waals surface area contributed by atoms with Crippen LogP contribution in [0.1, 0.15) is 16.1 Å². The number of hydrogen-bond acceptors (Lipinski definition) is 4. The van der Waals surface area contributed by atoms with Crippen LogP contribution in [0.4, 0.5) is 5.82 Å². The zero-order chi connectivity index (χ0) is 12.6. The summed E-state index contributed by atoms with van der Waals surface area (Å²) < 4.78 is 1.40. The molecule has 1 amide bonds. The molecular formula is C10H10ClN5O. The maximum absolute atomic E-state index is 11.1. The van der Waals surface area contributed by atoms with Crippen LogP contribution in [0, 0.1) is 6.92 Å². The predicted octanol–water partition coefficient (Wildman–Crippen LogP) is 0.910. The van der Waals surface area contributed by atoms with Crippen molar-refractivity contribution < 1.29 is 4.79 Å². The highest BCUT2D eigenvalue weighted by atomic mass is 35.5. The third-order valence-corrected chi connectivity index (χ3v) is 2.45. The summed E-state index contributed by atoms with van der Waals surface area (Å²) in [5.41, 5.74) is 11.8. The molecule has 0 fully saturated rings. The molecule has 2 heterocycles. The molecule has 0 aliphatic rings. The predicted molar refractivity (Wildman–Crippen MR) is 64.0 cm³/mol. The van der Waals surface area contributed by atoms with Crippen LogP contribution < -0.4 is 11.5 Å². The number of nitrogens with two attached hydrogens (primary N) is 2. The maximum Gasteiger partial charge on any atom is 0.248 e. The lowest BCUT2D eigenvalue weighted by molar-refractivity contribution is 0.1000. The van der Waals surface area contributed by atoms with E-state index in [9.17, 15) is 4.79 Å². The molecule has 0 aliphatic heterocycles. The molecule has 2 rings (SSSR count). The summed E-state index contributed by atoms with van der Waals surface area (Å²) in [5.74, 6) is 0.121. The van der Waals surface area contributed by atoms with Gasteiger partial charge in [-0.25, -0.2) is 9.67 Å². The lowest BCUT2D eigenvalue weighted by Crippen LogP contribution is -2.13. The van der Waals surface area contributed by atoms with Gasteiger partial charge in [0.25, 0.3) is 0 Å². The Bertz CT molecular complexity index is 573. The molecule has 88 valence electrons. The van der Waals surface area contributed by atoms with E-state index in [0.717, 1.165) is 0 Å². The molecule has 2 aromatic rings. The van der Waals surface area contributed by atoms with Gasteiger partial charge in [-0.15, -0.1) is 5.10 Å². The van der Waals surface area contributed by atoms with E-state index in [2.05, 4.69) is 10.1 Å². The number of amides is 1. The fourth-order valence-electron chi connectivity index (χ4n) is 1.39. The molecule has 0 spiro atoms. The van der Waals surface area contributed by atoms with E-state index in [1.807, 2.05) is 0 Å². The van der Waals surface area contributed by atoms with Crippen molar-refractivity contribution in [3.63, 3.8) is 0 Å². The third-order valence-electron chi connectivity index (χ3n) is 2.15. The SMILES string of the molecule is Cc1cc(C(N)=O)cc(-n2cc(Cl)c(N)n2)n1. The Hall–Kier alpha value is -2.08. The zero-order valence-electron chi connectivity index (χ0n) is 9.01. The van der Waals surface area contributed by atoms with Gasteiger partial charge in [0.2, 0.25) is 5.91 Å². The molecule has 0 saturated heterocycles.